The summed E-state index contributed by atoms with van der Waals surface area (Å²) in [4.78, 5) is 15.6. The van der Waals surface area contributed by atoms with Crippen LogP contribution in [0.3, 0.4) is 0 Å². The lowest BCUT2D eigenvalue weighted by atomic mass is 10.2. The number of carbonyl (C=O) groups excluding carboxylic acids is 1. The van der Waals surface area contributed by atoms with E-state index in [-0.39, 0.29) is 5.97 Å². The Balaban J connectivity index is 2.05. The zero-order valence-electron chi connectivity index (χ0n) is 11.3. The normalized spacial score (nSPS) is 10.9. The largest absolute Gasteiger partial charge is 0.469 e. The molecule has 0 aromatic carbocycles. The molecule has 0 atom stereocenters. The second-order valence-corrected chi connectivity index (χ2v) is 5.38. The number of rotatable bonds is 5. The van der Waals surface area contributed by atoms with Crippen LogP contribution in [0.15, 0.2) is 17.8 Å². The zero-order valence-corrected chi connectivity index (χ0v) is 12.1. The fourth-order valence-electron chi connectivity index (χ4n) is 1.62. The van der Waals surface area contributed by atoms with E-state index in [1.807, 2.05) is 22.5 Å². The lowest BCUT2D eigenvalue weighted by Gasteiger charge is -2.02. The standard InChI is InChI=1S/C13H17N3O2S/c1-9(2)16-7-10(6-14-16)13-15-11(8-19-13)4-5-12(17)18-3/h6-9H,4-5H2,1-3H3. The Labute approximate surface area is 116 Å². The fourth-order valence-corrected chi connectivity index (χ4v) is 2.45. The van der Waals surface area contributed by atoms with Crippen LogP contribution < -0.4 is 0 Å². The van der Waals surface area contributed by atoms with Gasteiger partial charge in [-0.05, 0) is 13.8 Å². The molecule has 0 aliphatic rings. The van der Waals surface area contributed by atoms with Gasteiger partial charge in [-0.3, -0.25) is 9.48 Å². The van der Waals surface area contributed by atoms with E-state index in [0.717, 1.165) is 16.3 Å². The number of methoxy groups -OCH3 is 1. The summed E-state index contributed by atoms with van der Waals surface area (Å²) in [5.74, 6) is -0.206. The van der Waals surface area contributed by atoms with Gasteiger partial charge in [0.05, 0.1) is 25.4 Å². The molecule has 0 aliphatic carbocycles. The van der Waals surface area contributed by atoms with Gasteiger partial charge in [0.1, 0.15) is 5.01 Å². The average Bonchev–Trinajstić information content (AvgIpc) is 3.04. The number of hydrogen-bond acceptors (Lipinski definition) is 5. The van der Waals surface area contributed by atoms with Crippen LogP contribution in [-0.2, 0) is 16.0 Å². The lowest BCUT2D eigenvalue weighted by Crippen LogP contribution is -2.01. The molecular formula is C13H17N3O2S. The highest BCUT2D eigenvalue weighted by Crippen LogP contribution is 2.24. The molecule has 0 saturated carbocycles. The van der Waals surface area contributed by atoms with Crippen LogP contribution in [0.1, 0.15) is 32.0 Å². The first-order valence-electron chi connectivity index (χ1n) is 6.16. The number of aromatic nitrogens is 3. The Morgan fingerprint density at radius 2 is 2.32 bits per heavy atom. The fraction of sp³-hybridized carbons (Fsp3) is 0.462. The van der Waals surface area contributed by atoms with Crippen LogP contribution in [0.2, 0.25) is 0 Å². The number of nitrogens with zero attached hydrogens (tertiary/aromatic N) is 3. The first kappa shape index (κ1) is 13.7. The van der Waals surface area contributed by atoms with Gasteiger partial charge in [-0.25, -0.2) is 4.98 Å². The maximum Gasteiger partial charge on any atom is 0.305 e. The number of hydrogen-bond donors (Lipinski definition) is 0. The Kier molecular flexibility index (Phi) is 4.31. The summed E-state index contributed by atoms with van der Waals surface area (Å²) < 4.78 is 6.52. The second kappa shape index (κ2) is 5.97. The summed E-state index contributed by atoms with van der Waals surface area (Å²) in [6.45, 7) is 4.17. The van der Waals surface area contributed by atoms with Gasteiger partial charge in [-0.15, -0.1) is 11.3 Å². The third-order valence-corrected chi connectivity index (χ3v) is 3.68. The molecule has 0 amide bonds. The van der Waals surface area contributed by atoms with Gasteiger partial charge < -0.3 is 4.74 Å². The predicted molar refractivity (Wildman–Crippen MR) is 74.1 cm³/mol. The van der Waals surface area contributed by atoms with Crippen molar-refractivity contribution in [3.8, 4) is 10.6 Å². The van der Waals surface area contributed by atoms with Gasteiger partial charge in [0.2, 0.25) is 0 Å². The van der Waals surface area contributed by atoms with Crippen molar-refractivity contribution in [2.75, 3.05) is 7.11 Å². The monoisotopic (exact) mass is 279 g/mol. The van der Waals surface area contributed by atoms with Crippen molar-refractivity contribution < 1.29 is 9.53 Å². The highest BCUT2D eigenvalue weighted by atomic mass is 32.1. The third kappa shape index (κ3) is 3.41. The number of ether oxygens (including phenoxy) is 1. The van der Waals surface area contributed by atoms with Gasteiger partial charge in [0.15, 0.2) is 0 Å². The zero-order chi connectivity index (χ0) is 13.8. The predicted octanol–water partition coefficient (Wildman–Crippen LogP) is 2.69. The minimum Gasteiger partial charge on any atom is -0.469 e. The van der Waals surface area contributed by atoms with Gasteiger partial charge in [0.25, 0.3) is 0 Å². The maximum absolute atomic E-state index is 11.1. The third-order valence-electron chi connectivity index (χ3n) is 2.74. The van der Waals surface area contributed by atoms with E-state index in [1.54, 1.807) is 11.3 Å². The summed E-state index contributed by atoms with van der Waals surface area (Å²) in [5.41, 5.74) is 1.94. The Bertz CT molecular complexity index is 560. The SMILES string of the molecule is COC(=O)CCc1csc(-c2cnn(C(C)C)c2)n1. The molecule has 2 rings (SSSR count). The van der Waals surface area contributed by atoms with E-state index < -0.39 is 0 Å². The van der Waals surface area contributed by atoms with E-state index >= 15 is 0 Å². The molecule has 19 heavy (non-hydrogen) atoms. The first-order chi connectivity index (χ1) is 9.10. The van der Waals surface area contributed by atoms with Crippen LogP contribution >= 0.6 is 11.3 Å². The Morgan fingerprint density at radius 3 is 2.95 bits per heavy atom. The van der Waals surface area contributed by atoms with Crippen molar-refractivity contribution in [3.05, 3.63) is 23.5 Å². The molecule has 0 fully saturated rings. The minimum atomic E-state index is -0.206. The molecule has 2 aromatic heterocycles. The highest BCUT2D eigenvalue weighted by molar-refractivity contribution is 7.13. The van der Waals surface area contributed by atoms with Crippen molar-refractivity contribution in [2.24, 2.45) is 0 Å². The van der Waals surface area contributed by atoms with Crippen molar-refractivity contribution in [1.82, 2.24) is 14.8 Å². The van der Waals surface area contributed by atoms with Gasteiger partial charge in [0, 0.05) is 29.6 Å². The number of esters is 1. The number of carbonyl (C=O) groups is 1. The molecule has 0 bridgehead atoms. The van der Waals surface area contributed by atoms with Crippen LogP contribution in [0.5, 0.6) is 0 Å². The molecule has 0 spiro atoms. The van der Waals surface area contributed by atoms with Crippen molar-refractivity contribution in [2.45, 2.75) is 32.7 Å². The van der Waals surface area contributed by atoms with Gasteiger partial charge >= 0.3 is 5.97 Å². The van der Waals surface area contributed by atoms with Crippen molar-refractivity contribution in [1.29, 1.82) is 0 Å². The van der Waals surface area contributed by atoms with Crippen LogP contribution in [0.4, 0.5) is 0 Å². The summed E-state index contributed by atoms with van der Waals surface area (Å²) in [6, 6.07) is 0.340. The molecule has 0 radical (unpaired) electrons. The highest BCUT2D eigenvalue weighted by Gasteiger charge is 2.10. The van der Waals surface area contributed by atoms with E-state index in [1.165, 1.54) is 7.11 Å². The quantitative estimate of drug-likeness (QED) is 0.790. The van der Waals surface area contributed by atoms with Gasteiger partial charge in [-0.1, -0.05) is 0 Å². The van der Waals surface area contributed by atoms with E-state index in [0.29, 0.717) is 18.9 Å². The summed E-state index contributed by atoms with van der Waals surface area (Å²) in [7, 11) is 1.40. The van der Waals surface area contributed by atoms with Crippen LogP contribution in [0, 0.1) is 0 Å². The molecular weight excluding hydrogens is 262 g/mol. The van der Waals surface area contributed by atoms with Gasteiger partial charge in [-0.2, -0.15) is 5.10 Å². The van der Waals surface area contributed by atoms with E-state index in [9.17, 15) is 4.79 Å². The summed E-state index contributed by atoms with van der Waals surface area (Å²) >= 11 is 1.57. The average molecular weight is 279 g/mol. The van der Waals surface area contributed by atoms with Crippen LogP contribution in [-0.4, -0.2) is 27.8 Å². The smallest absolute Gasteiger partial charge is 0.305 e. The summed E-state index contributed by atoms with van der Waals surface area (Å²) in [6.07, 6.45) is 4.79. The molecule has 0 aliphatic heterocycles. The summed E-state index contributed by atoms with van der Waals surface area (Å²) in [5, 5.41) is 7.21. The molecule has 6 heteroatoms. The topological polar surface area (TPSA) is 57.0 Å². The minimum absolute atomic E-state index is 0.206. The van der Waals surface area contributed by atoms with E-state index in [2.05, 4.69) is 28.7 Å². The van der Waals surface area contributed by atoms with Crippen molar-refractivity contribution in [3.63, 3.8) is 0 Å². The molecule has 0 saturated heterocycles. The molecule has 2 aromatic rings. The Hall–Kier alpha value is -1.69. The molecule has 0 N–H and O–H groups in total. The molecule has 2 heterocycles. The lowest BCUT2D eigenvalue weighted by molar-refractivity contribution is -0.140. The maximum atomic E-state index is 11.1. The Morgan fingerprint density at radius 1 is 1.53 bits per heavy atom. The molecule has 5 nitrogen and oxygen atoms in total. The number of thiazole rings is 1. The van der Waals surface area contributed by atoms with E-state index in [4.69, 9.17) is 0 Å². The molecule has 0 unspecified atom stereocenters. The van der Waals surface area contributed by atoms with Crippen LogP contribution in [0.25, 0.3) is 10.6 Å². The second-order valence-electron chi connectivity index (χ2n) is 4.52. The van der Waals surface area contributed by atoms with Crippen molar-refractivity contribution >= 4 is 17.3 Å². The molecule has 102 valence electrons. The number of aryl methyl sites for hydroxylation is 1. The first-order valence-corrected chi connectivity index (χ1v) is 7.04.